The number of ether oxygens (including phenoxy) is 3. The molecule has 1 N–H and O–H groups in total. The van der Waals surface area contributed by atoms with E-state index in [0.717, 1.165) is 106 Å². The fraction of sp³-hybridized carbons (Fsp3) is 0.431. The second-order valence-electron chi connectivity index (χ2n) is 17.4. The summed E-state index contributed by atoms with van der Waals surface area (Å²) in [4.78, 5) is 47.7. The molecule has 2 fully saturated rings. The Kier molecular flexibility index (Phi) is 18.3. The van der Waals surface area contributed by atoms with Crippen LogP contribution in [0.15, 0.2) is 112 Å². The zero-order valence-corrected chi connectivity index (χ0v) is 40.9. The number of hydrogen-bond acceptors (Lipinski definition) is 12. The summed E-state index contributed by atoms with van der Waals surface area (Å²) >= 11 is 8.07. The van der Waals surface area contributed by atoms with Crippen LogP contribution in [0.4, 0.5) is 10.5 Å². The maximum Gasteiger partial charge on any atom is 0.410 e. The summed E-state index contributed by atoms with van der Waals surface area (Å²) in [7, 11) is -4.13. The highest BCUT2D eigenvalue weighted by molar-refractivity contribution is 7.99. The molecule has 0 spiro atoms. The zero-order valence-electron chi connectivity index (χ0n) is 38.5. The van der Waals surface area contributed by atoms with E-state index in [2.05, 4.69) is 43.7 Å². The van der Waals surface area contributed by atoms with Gasteiger partial charge in [-0.15, -0.1) is 11.8 Å². The first-order valence-electron chi connectivity index (χ1n) is 23.1. The van der Waals surface area contributed by atoms with E-state index >= 15 is 0 Å². The molecule has 2 saturated heterocycles. The normalized spacial score (nSPS) is 16.8. The van der Waals surface area contributed by atoms with Crippen LogP contribution < -0.4 is 9.62 Å². The quantitative estimate of drug-likeness (QED) is 0.0695. The monoisotopic (exact) mass is 971 g/mol. The van der Waals surface area contributed by atoms with Gasteiger partial charge in [0.15, 0.2) is 5.78 Å². The molecule has 3 aliphatic heterocycles. The average Bonchev–Trinajstić information content (AvgIpc) is 3.33. The van der Waals surface area contributed by atoms with E-state index in [9.17, 15) is 22.8 Å². The molecule has 0 bridgehead atoms. The van der Waals surface area contributed by atoms with Crippen LogP contribution in [-0.2, 0) is 35.4 Å². The number of nitrogens with zero attached hydrogens (tertiary/aromatic N) is 4. The number of rotatable bonds is 20. The SMILES string of the molecule is CC(=O)COCCOC(=O)N1CCC(c2ccc(Cl)cc2)=C(CN2CCN(c3ccc(C(=O)NS(=O)(=O)c4ccc(C[C@H](CCN5CCOCC5)CSc5ccccc5)c(C)c4)cc3)CC2)C1. The Hall–Kier alpha value is -4.74. The van der Waals surface area contributed by atoms with E-state index in [1.807, 2.05) is 67.2 Å². The van der Waals surface area contributed by atoms with E-state index in [1.54, 1.807) is 29.2 Å². The third-order valence-electron chi connectivity index (χ3n) is 12.5. The van der Waals surface area contributed by atoms with Gasteiger partial charge in [-0.3, -0.25) is 19.4 Å². The topological polar surface area (TPSA) is 138 Å². The molecule has 3 heterocycles. The molecule has 16 heteroatoms. The molecule has 0 unspecified atom stereocenters. The van der Waals surface area contributed by atoms with Crippen LogP contribution in [0.25, 0.3) is 5.57 Å². The van der Waals surface area contributed by atoms with Gasteiger partial charge in [-0.1, -0.05) is 48.0 Å². The molecular formula is C51H62ClN5O8S2. The largest absolute Gasteiger partial charge is 0.447 e. The number of benzene rings is 4. The van der Waals surface area contributed by atoms with Gasteiger partial charge in [0.1, 0.15) is 13.2 Å². The molecule has 4 aromatic carbocycles. The van der Waals surface area contributed by atoms with Gasteiger partial charge in [-0.05, 0) is 134 Å². The number of morpholine rings is 1. The second kappa shape index (κ2) is 24.5. The lowest BCUT2D eigenvalue weighted by Gasteiger charge is -2.38. The highest BCUT2D eigenvalue weighted by Gasteiger charge is 2.28. The molecular weight excluding hydrogens is 910 g/mol. The molecule has 0 aromatic heterocycles. The van der Waals surface area contributed by atoms with Crippen LogP contribution >= 0.6 is 23.4 Å². The Morgan fingerprint density at radius 3 is 2.28 bits per heavy atom. The van der Waals surface area contributed by atoms with Crippen LogP contribution in [0.1, 0.15) is 46.8 Å². The van der Waals surface area contributed by atoms with Crippen LogP contribution in [0.3, 0.4) is 0 Å². The van der Waals surface area contributed by atoms with Crippen molar-refractivity contribution >= 4 is 62.4 Å². The lowest BCUT2D eigenvalue weighted by molar-refractivity contribution is -0.121. The molecule has 1 atom stereocenters. The summed E-state index contributed by atoms with van der Waals surface area (Å²) in [6.45, 7) is 12.7. The van der Waals surface area contributed by atoms with Gasteiger partial charge < -0.3 is 24.0 Å². The van der Waals surface area contributed by atoms with Crippen molar-refractivity contribution in [3.8, 4) is 0 Å². The molecule has 3 aliphatic rings. The van der Waals surface area contributed by atoms with Crippen molar-refractivity contribution in [1.29, 1.82) is 0 Å². The summed E-state index contributed by atoms with van der Waals surface area (Å²) in [5, 5.41) is 0.661. The number of carbonyl (C=O) groups is 3. The van der Waals surface area contributed by atoms with Gasteiger partial charge in [-0.25, -0.2) is 17.9 Å². The van der Waals surface area contributed by atoms with Gasteiger partial charge in [-0.2, -0.15) is 0 Å². The highest BCUT2D eigenvalue weighted by atomic mass is 35.5. The van der Waals surface area contributed by atoms with Crippen molar-refractivity contribution in [2.45, 2.75) is 42.9 Å². The first kappa shape index (κ1) is 50.1. The number of hydrogen-bond donors (Lipinski definition) is 1. The van der Waals surface area contributed by atoms with E-state index < -0.39 is 22.0 Å². The first-order chi connectivity index (χ1) is 32.4. The Morgan fingerprint density at radius 2 is 1.58 bits per heavy atom. The number of carbonyl (C=O) groups excluding carboxylic acids is 3. The highest BCUT2D eigenvalue weighted by Crippen LogP contribution is 2.31. The number of nitrogens with one attached hydrogen (secondary N) is 1. The minimum atomic E-state index is -4.13. The van der Waals surface area contributed by atoms with Crippen LogP contribution in [0.2, 0.25) is 5.02 Å². The Morgan fingerprint density at radius 1 is 0.851 bits per heavy atom. The predicted octanol–water partition coefficient (Wildman–Crippen LogP) is 7.46. The maximum atomic E-state index is 13.6. The number of thioether (sulfide) groups is 1. The fourth-order valence-electron chi connectivity index (χ4n) is 8.66. The van der Waals surface area contributed by atoms with Gasteiger partial charge >= 0.3 is 6.09 Å². The van der Waals surface area contributed by atoms with E-state index in [0.29, 0.717) is 37.0 Å². The van der Waals surface area contributed by atoms with Crippen molar-refractivity contribution in [1.82, 2.24) is 19.4 Å². The molecule has 4 aromatic rings. The van der Waals surface area contributed by atoms with E-state index in [4.69, 9.17) is 25.8 Å². The fourth-order valence-corrected chi connectivity index (χ4v) is 10.9. The smallest absolute Gasteiger partial charge is 0.410 e. The average molecular weight is 973 g/mol. The summed E-state index contributed by atoms with van der Waals surface area (Å²) in [6.07, 6.45) is 2.12. The minimum absolute atomic E-state index is 0.00893. The standard InChI is InChI=1S/C51H62ClN5O8S2/c1-38-32-48(17-12-43(38)33-40(18-20-54-26-28-63-29-27-54)37-66-47-6-4-3-5-7-47)67(61,62)53-50(59)42-10-15-46(16-11-42)56-24-22-55(23-25-56)34-44-35-57(51(60)65-31-30-64-36-39(2)58)21-19-49(44)41-8-13-45(52)14-9-41/h3-17,32,40H,18-31,33-37H2,1-2H3,(H,53,59)/t40-/m0/s1. The number of piperazine rings is 1. The number of halogens is 1. The maximum absolute atomic E-state index is 13.6. The number of aryl methyl sites for hydroxylation is 1. The zero-order chi connectivity index (χ0) is 47.2. The predicted molar refractivity (Wildman–Crippen MR) is 265 cm³/mol. The van der Waals surface area contributed by atoms with E-state index in [1.165, 1.54) is 17.4 Å². The second-order valence-corrected chi connectivity index (χ2v) is 20.6. The van der Waals surface area contributed by atoms with Crippen molar-refractivity contribution < 1.29 is 37.0 Å². The Labute approximate surface area is 404 Å². The first-order valence-corrected chi connectivity index (χ1v) is 25.9. The molecule has 7 rings (SSSR count). The van der Waals surface area contributed by atoms with Gasteiger partial charge in [0.25, 0.3) is 15.9 Å². The Balaban J connectivity index is 0.920. The molecule has 0 saturated carbocycles. The van der Waals surface area contributed by atoms with Gasteiger partial charge in [0.05, 0.1) is 24.7 Å². The number of sulfonamides is 1. The number of Topliss-reactive ketones (excluding diaryl/α,β-unsaturated/α-hetero) is 1. The lowest BCUT2D eigenvalue weighted by Crippen LogP contribution is -2.48. The van der Waals surface area contributed by atoms with E-state index in [-0.39, 0.29) is 36.1 Å². The summed E-state index contributed by atoms with van der Waals surface area (Å²) in [6, 6.07) is 30.4. The minimum Gasteiger partial charge on any atom is -0.447 e. The Bertz CT molecular complexity index is 2430. The number of anilines is 1. The van der Waals surface area contributed by atoms with Crippen molar-refractivity contribution in [2.24, 2.45) is 5.92 Å². The third kappa shape index (κ3) is 14.9. The number of ketones is 1. The molecule has 13 nitrogen and oxygen atoms in total. The third-order valence-corrected chi connectivity index (χ3v) is 15.3. The van der Waals surface area contributed by atoms with Crippen LogP contribution in [-0.4, -0.2) is 145 Å². The number of amides is 2. The summed E-state index contributed by atoms with van der Waals surface area (Å²) < 4.78 is 45.7. The summed E-state index contributed by atoms with van der Waals surface area (Å²) in [5.74, 6) is 0.569. The molecule has 2 amide bonds. The summed E-state index contributed by atoms with van der Waals surface area (Å²) in [5.41, 5.74) is 6.60. The molecule has 0 radical (unpaired) electrons. The van der Waals surface area contributed by atoms with Crippen molar-refractivity contribution in [2.75, 3.05) is 109 Å². The lowest BCUT2D eigenvalue weighted by atomic mass is 9.93. The molecule has 0 aliphatic carbocycles. The van der Waals surface area contributed by atoms with Crippen molar-refractivity contribution in [3.63, 3.8) is 0 Å². The van der Waals surface area contributed by atoms with Gasteiger partial charge in [0.2, 0.25) is 0 Å². The van der Waals surface area contributed by atoms with Crippen molar-refractivity contribution in [3.05, 3.63) is 130 Å². The molecule has 67 heavy (non-hydrogen) atoms. The van der Waals surface area contributed by atoms with Gasteiger partial charge in [0, 0.05) is 85.8 Å². The van der Waals surface area contributed by atoms with Crippen LogP contribution in [0.5, 0.6) is 0 Å². The molecule has 358 valence electrons. The van der Waals surface area contributed by atoms with Crippen LogP contribution in [0, 0.1) is 12.8 Å².